The molecule has 0 bridgehead atoms. The molecule has 1 aliphatic rings. The van der Waals surface area contributed by atoms with Crippen molar-refractivity contribution in [3.63, 3.8) is 0 Å². The fourth-order valence-electron chi connectivity index (χ4n) is 6.13. The van der Waals surface area contributed by atoms with E-state index in [1.165, 1.54) is 12.7 Å². The molecule has 7 rings (SSSR count). The number of nitrogens with zero attached hydrogens (tertiary/aromatic N) is 8. The van der Waals surface area contributed by atoms with Crippen molar-refractivity contribution >= 4 is 78.6 Å². The fourth-order valence-corrected chi connectivity index (χ4v) is 9.67. The Morgan fingerprint density at radius 2 is 1.54 bits per heavy atom. The van der Waals surface area contributed by atoms with Gasteiger partial charge in [0, 0.05) is 30.1 Å². The van der Waals surface area contributed by atoms with Crippen molar-refractivity contribution in [1.82, 2.24) is 44.1 Å². The van der Waals surface area contributed by atoms with Crippen molar-refractivity contribution in [2.45, 2.75) is 71.6 Å². The maximum atomic E-state index is 13.6. The van der Waals surface area contributed by atoms with Crippen LogP contribution < -0.4 is 21.1 Å². The number of carbonyl (C=O) groups excluding carboxylic acids is 1. The molecule has 0 radical (unpaired) electrons. The molecule has 4 aromatic heterocycles. The van der Waals surface area contributed by atoms with Crippen LogP contribution in [0.15, 0.2) is 92.1 Å². The summed E-state index contributed by atoms with van der Waals surface area (Å²) in [6.45, 7) is 8.33. The van der Waals surface area contributed by atoms with E-state index < -0.39 is 39.1 Å². The van der Waals surface area contributed by atoms with Crippen molar-refractivity contribution < 1.29 is 61.5 Å². The number of esters is 1. The molecule has 370 valence electrons. The van der Waals surface area contributed by atoms with Gasteiger partial charge < -0.3 is 54.1 Å². The third-order valence-electron chi connectivity index (χ3n) is 9.20. The van der Waals surface area contributed by atoms with Crippen LogP contribution in [0.3, 0.4) is 0 Å². The molecular weight excluding hydrogens is 964 g/mol. The lowest BCUT2D eigenvalue weighted by molar-refractivity contribution is -0.149. The lowest BCUT2D eigenvalue weighted by atomic mass is 10.1. The monoisotopic (exact) mass is 1020 g/mol. The van der Waals surface area contributed by atoms with Gasteiger partial charge in [-0.3, -0.25) is 18.4 Å². The second-order valence-corrected chi connectivity index (χ2v) is 19.6. The van der Waals surface area contributed by atoms with E-state index in [9.17, 15) is 23.5 Å². The first-order valence-corrected chi connectivity index (χ1v) is 24.9. The summed E-state index contributed by atoms with van der Waals surface area (Å²) in [6, 6.07) is 15.2. The van der Waals surface area contributed by atoms with Gasteiger partial charge in [-0.05, 0) is 57.5 Å². The normalized spacial score (nSPS) is 17.5. The Morgan fingerprint density at radius 1 is 0.913 bits per heavy atom. The first kappa shape index (κ1) is 53.6. The summed E-state index contributed by atoms with van der Waals surface area (Å²) in [5, 5.41) is 19.0. The van der Waals surface area contributed by atoms with Crippen LogP contribution in [-0.2, 0) is 59.9 Å². The van der Waals surface area contributed by atoms with Crippen LogP contribution in [0.4, 0.5) is 11.6 Å². The number of rotatable bonds is 19. The van der Waals surface area contributed by atoms with Crippen molar-refractivity contribution in [2.24, 2.45) is 0 Å². The van der Waals surface area contributed by atoms with Gasteiger partial charge in [0.05, 0.1) is 50.7 Å². The number of nitrogens with two attached hydrogens (primary N) is 2. The number of halogens is 1. The zero-order valence-corrected chi connectivity index (χ0v) is 40.4. The number of carboxylic acids is 2. The van der Waals surface area contributed by atoms with Crippen LogP contribution in [0.25, 0.3) is 22.3 Å². The number of ether oxygens (including phenoxy) is 3. The number of aliphatic carboxylic acids is 2. The fraction of sp³-hybridized carbons (Fsp3) is 0.357. The molecule has 69 heavy (non-hydrogen) atoms. The molecule has 1 saturated heterocycles. The number of hydrogen-bond donors (Lipinski definition) is 5. The molecule has 0 spiro atoms. The number of nitrogen functional groups attached to an aromatic ring is 2. The van der Waals surface area contributed by atoms with Crippen molar-refractivity contribution in [3.8, 4) is 5.75 Å². The predicted octanol–water partition coefficient (Wildman–Crippen LogP) is 6.09. The lowest BCUT2D eigenvalue weighted by Crippen LogP contribution is -2.37. The molecule has 1 fully saturated rings. The largest absolute Gasteiger partial charge is 0.478 e. The highest BCUT2D eigenvalue weighted by Crippen LogP contribution is 2.56. The van der Waals surface area contributed by atoms with Crippen LogP contribution in [0.2, 0.25) is 5.02 Å². The van der Waals surface area contributed by atoms with E-state index in [2.05, 4.69) is 35.0 Å². The first-order valence-electron chi connectivity index (χ1n) is 21.0. The number of aromatic nitrogens is 8. The summed E-state index contributed by atoms with van der Waals surface area (Å²) in [5.41, 5.74) is 14.7. The Balaban J connectivity index is 0.000000224. The van der Waals surface area contributed by atoms with Gasteiger partial charge in [-0.2, -0.15) is 0 Å². The van der Waals surface area contributed by atoms with Crippen LogP contribution in [-0.4, -0.2) is 111 Å². The van der Waals surface area contributed by atoms with Gasteiger partial charge in [-0.1, -0.05) is 41.9 Å². The second-order valence-electron chi connectivity index (χ2n) is 15.1. The van der Waals surface area contributed by atoms with E-state index >= 15 is 0 Å². The molecule has 0 aliphatic carbocycles. The molecule has 27 heteroatoms. The molecule has 5 heterocycles. The van der Waals surface area contributed by atoms with Crippen LogP contribution in [0, 0.1) is 0 Å². The molecule has 5 atom stereocenters. The van der Waals surface area contributed by atoms with E-state index in [0.29, 0.717) is 83.0 Å². The topological polar surface area (TPSA) is 332 Å². The van der Waals surface area contributed by atoms with Gasteiger partial charge in [0.25, 0.3) is 0 Å². The van der Waals surface area contributed by atoms with E-state index in [0.717, 1.165) is 5.56 Å². The Hall–Kier alpha value is -6.36. The van der Waals surface area contributed by atoms with Gasteiger partial charge >= 0.3 is 33.0 Å². The highest BCUT2D eigenvalue weighted by molar-refractivity contribution is 7.57. The number of imidazole rings is 2. The van der Waals surface area contributed by atoms with E-state index in [-0.39, 0.29) is 37.6 Å². The van der Waals surface area contributed by atoms with Gasteiger partial charge in [0.1, 0.15) is 48.2 Å². The van der Waals surface area contributed by atoms with Crippen molar-refractivity contribution in [3.05, 3.63) is 103 Å². The van der Waals surface area contributed by atoms with E-state index in [1.807, 2.05) is 25.1 Å². The van der Waals surface area contributed by atoms with Gasteiger partial charge in [-0.15, -0.1) is 0 Å². The highest BCUT2D eigenvalue weighted by atomic mass is 35.5. The lowest BCUT2D eigenvalue weighted by Gasteiger charge is -2.30. The quantitative estimate of drug-likeness (QED) is 0.0265. The summed E-state index contributed by atoms with van der Waals surface area (Å²) in [7, 11) is -6.99. The van der Waals surface area contributed by atoms with Gasteiger partial charge in [0.15, 0.2) is 22.9 Å². The summed E-state index contributed by atoms with van der Waals surface area (Å²) < 4.78 is 63.6. The van der Waals surface area contributed by atoms with Crippen LogP contribution >= 0.6 is 26.7 Å². The Labute approximate surface area is 400 Å². The smallest absolute Gasteiger partial charge is 0.356 e. The van der Waals surface area contributed by atoms with Crippen LogP contribution in [0.5, 0.6) is 5.75 Å². The molecule has 2 aromatic carbocycles. The minimum Gasteiger partial charge on any atom is -0.478 e. The van der Waals surface area contributed by atoms with Gasteiger partial charge in [-0.25, -0.2) is 44.6 Å². The second kappa shape index (κ2) is 25.3. The summed E-state index contributed by atoms with van der Waals surface area (Å²) >= 11 is 6.03. The molecule has 6 aromatic rings. The molecular formula is C42H52ClN11O13P2. The number of nitrogens with one attached hydrogen (secondary N) is 1. The first-order chi connectivity index (χ1) is 32.8. The third kappa shape index (κ3) is 16.7. The third-order valence-corrected chi connectivity index (χ3v) is 12.9. The summed E-state index contributed by atoms with van der Waals surface area (Å²) in [4.78, 5) is 56.0. The molecule has 1 unspecified atom stereocenters. The minimum absolute atomic E-state index is 0.131. The number of carboxylic acid groups (broad SMARTS) is 2. The van der Waals surface area contributed by atoms with Crippen LogP contribution in [0.1, 0.15) is 45.8 Å². The number of anilines is 2. The summed E-state index contributed by atoms with van der Waals surface area (Å²) in [6.07, 6.45) is 6.26. The zero-order valence-electron chi connectivity index (χ0n) is 37.8. The molecule has 24 nitrogen and oxygen atoms in total. The average Bonchev–Trinajstić information content (AvgIpc) is 3.92. The average molecular weight is 1020 g/mol. The van der Waals surface area contributed by atoms with Crippen molar-refractivity contribution in [1.29, 1.82) is 0 Å². The maximum Gasteiger partial charge on any atom is 0.356 e. The van der Waals surface area contributed by atoms with E-state index in [4.69, 9.17) is 61.1 Å². The SMILES string of the molecule is CC(C)OC(=O)[C@H](C)N[P@](=O)(CO[C@H](C)Cn1cnc2c(N)ncnc21)Oc1ccccc1.Nc1ncnc2c1ncn2CCOCP1(=O)OCC[C@@H](c2cccc(Cl)c2)O1.O=C(O)/C=C/C(=O)O. The number of para-hydroxylation sites is 1. The van der Waals surface area contributed by atoms with Crippen molar-refractivity contribution in [2.75, 3.05) is 37.4 Å². The number of carbonyl (C=O) groups is 3. The zero-order chi connectivity index (χ0) is 50.1. The Bertz CT molecular complexity index is 2780. The standard InChI is InChI=1S/C21H29N6O5P.C17H19ClN5O4P.C4H4O4/c1-14(2)31-21(28)16(4)26-33(29,32-17-8-6-5-7-9-17)13-30-15(3)10-27-12-25-18-19(22)23-11-24-20(18)27;18-13-3-1-2-12(8-13)14-4-6-26-28(24,27-14)11-25-7-5-23-10-22-15-16(19)20-9-21-17(15)23;5-3(6)1-2-4(7)8/h5-9,11-12,14-16H,10,13H2,1-4H3,(H,26,29)(H2,22,23,24);1-3,8-10,14H,4-7,11H2,(H2,19,20,21);1-2H,(H,5,6)(H,7,8)/b;;2-1+/t15-,16+,33+;14-,28?;/m10./s1. The molecule has 0 saturated carbocycles. The predicted molar refractivity (Wildman–Crippen MR) is 252 cm³/mol. The molecule has 7 N–H and O–H groups in total. The number of fused-ring (bicyclic) bond motifs is 2. The molecule has 1 aliphatic heterocycles. The minimum atomic E-state index is -3.64. The van der Waals surface area contributed by atoms with E-state index in [1.54, 1.807) is 79.0 Å². The number of hydrogen-bond acceptors (Lipinski definition) is 19. The highest BCUT2D eigenvalue weighted by Gasteiger charge is 2.35. The Morgan fingerprint density at radius 3 is 2.14 bits per heavy atom. The number of benzene rings is 2. The maximum absolute atomic E-state index is 13.6. The van der Waals surface area contributed by atoms with Gasteiger partial charge in [0.2, 0.25) is 0 Å². The summed E-state index contributed by atoms with van der Waals surface area (Å²) in [5.74, 6) is -2.04. The molecule has 0 amide bonds. The Kier molecular flexibility index (Phi) is 19.7.